The minimum atomic E-state index is -3.70. The average Bonchev–Trinajstić information content (AvgIpc) is 3.16. The number of hydrogen-bond donors (Lipinski definition) is 1. The first kappa shape index (κ1) is 21.5. The Kier molecular flexibility index (Phi) is 6.50. The molecule has 0 aliphatic rings. The zero-order valence-corrected chi connectivity index (χ0v) is 18.1. The zero-order chi connectivity index (χ0) is 21.7. The molecule has 1 heterocycles. The lowest BCUT2D eigenvalue weighted by Crippen LogP contribution is -2.30. The van der Waals surface area contributed by atoms with Gasteiger partial charge in [0.15, 0.2) is 5.13 Å². The number of thiazole rings is 1. The Hall–Kier alpha value is -3.22. The molecule has 0 bridgehead atoms. The number of nitriles is 1. The van der Waals surface area contributed by atoms with E-state index in [0.717, 1.165) is 17.5 Å². The minimum absolute atomic E-state index is 0.106. The van der Waals surface area contributed by atoms with E-state index in [4.69, 9.17) is 5.26 Å². The van der Waals surface area contributed by atoms with Gasteiger partial charge in [-0.15, -0.1) is 11.3 Å². The van der Waals surface area contributed by atoms with Gasteiger partial charge in [0.1, 0.15) is 5.69 Å². The fraction of sp³-hybridized carbons (Fsp3) is 0.190. The number of carbonyl (C=O) groups is 1. The van der Waals surface area contributed by atoms with Gasteiger partial charge in [-0.05, 0) is 36.2 Å². The fourth-order valence-electron chi connectivity index (χ4n) is 2.84. The number of carbonyl (C=O) groups excluding carboxylic acids is 1. The van der Waals surface area contributed by atoms with Crippen LogP contribution in [0.3, 0.4) is 0 Å². The molecule has 154 valence electrons. The third kappa shape index (κ3) is 5.23. The first-order valence-corrected chi connectivity index (χ1v) is 11.8. The molecule has 2 aromatic carbocycles. The van der Waals surface area contributed by atoms with Crippen molar-refractivity contribution in [2.75, 3.05) is 11.2 Å². The van der Waals surface area contributed by atoms with Gasteiger partial charge in [-0.1, -0.05) is 37.3 Å². The highest BCUT2D eigenvalue weighted by atomic mass is 32.2. The van der Waals surface area contributed by atoms with Crippen molar-refractivity contribution in [3.8, 4) is 6.07 Å². The molecule has 0 aliphatic heterocycles. The van der Waals surface area contributed by atoms with Crippen LogP contribution in [0, 0.1) is 11.3 Å². The molecule has 9 heteroatoms. The zero-order valence-electron chi connectivity index (χ0n) is 16.5. The predicted molar refractivity (Wildman–Crippen MR) is 117 cm³/mol. The van der Waals surface area contributed by atoms with Crippen molar-refractivity contribution in [1.82, 2.24) is 9.71 Å². The number of aryl methyl sites for hydroxylation is 1. The first-order valence-electron chi connectivity index (χ1n) is 9.14. The molecule has 0 spiro atoms. The van der Waals surface area contributed by atoms with E-state index in [1.807, 2.05) is 59.0 Å². The van der Waals surface area contributed by atoms with Gasteiger partial charge in [-0.2, -0.15) is 5.26 Å². The lowest BCUT2D eigenvalue weighted by molar-refractivity contribution is 0.0976. The van der Waals surface area contributed by atoms with Crippen molar-refractivity contribution in [3.63, 3.8) is 0 Å². The quantitative estimate of drug-likeness (QED) is 0.602. The van der Waals surface area contributed by atoms with Crippen LogP contribution in [0.1, 0.15) is 33.4 Å². The first-order chi connectivity index (χ1) is 14.3. The highest BCUT2D eigenvalue weighted by molar-refractivity contribution is 7.89. The van der Waals surface area contributed by atoms with Crippen molar-refractivity contribution in [2.24, 2.45) is 0 Å². The van der Waals surface area contributed by atoms with Crippen LogP contribution in [0.25, 0.3) is 0 Å². The van der Waals surface area contributed by atoms with Gasteiger partial charge < -0.3 is 4.90 Å². The molecule has 0 saturated heterocycles. The maximum atomic E-state index is 12.5. The Balaban J connectivity index is 2.04. The molecular formula is C21H20N4O3S2. The molecule has 0 radical (unpaired) electrons. The lowest BCUT2D eigenvalue weighted by atomic mass is 10.2. The molecule has 1 amide bonds. The summed E-state index contributed by atoms with van der Waals surface area (Å²) in [4.78, 5) is 19.6. The van der Waals surface area contributed by atoms with Gasteiger partial charge in [-0.25, -0.2) is 18.1 Å². The van der Waals surface area contributed by atoms with Crippen LogP contribution in [0.2, 0.25) is 0 Å². The van der Waals surface area contributed by atoms with E-state index in [9.17, 15) is 13.2 Å². The largest absolute Gasteiger partial charge is 0.313 e. The number of nitrogens with zero attached hydrogens (tertiary/aromatic N) is 3. The molecule has 1 N–H and O–H groups in total. The molecule has 30 heavy (non-hydrogen) atoms. The summed E-state index contributed by atoms with van der Waals surface area (Å²) in [5.74, 6) is -0.740. The lowest BCUT2D eigenvalue weighted by Gasteiger charge is -2.22. The molecule has 3 rings (SSSR count). The van der Waals surface area contributed by atoms with Crippen LogP contribution < -0.4 is 9.62 Å². The molecule has 0 fully saturated rings. The molecule has 7 nitrogen and oxygen atoms in total. The van der Waals surface area contributed by atoms with Crippen LogP contribution in [0.5, 0.6) is 0 Å². The number of hydrogen-bond acceptors (Lipinski definition) is 7. The predicted octanol–water partition coefficient (Wildman–Crippen LogP) is 3.60. The number of benzene rings is 2. The normalized spacial score (nSPS) is 11.0. The van der Waals surface area contributed by atoms with E-state index >= 15 is 0 Å². The Morgan fingerprint density at radius 3 is 2.40 bits per heavy atom. The molecule has 0 atom stereocenters. The number of aromatic nitrogens is 1. The minimum Gasteiger partial charge on any atom is -0.313 e. The topological polar surface area (TPSA) is 103 Å². The summed E-state index contributed by atoms with van der Waals surface area (Å²) in [6, 6.07) is 19.0. The van der Waals surface area contributed by atoms with Crippen LogP contribution in [-0.4, -0.2) is 25.6 Å². The van der Waals surface area contributed by atoms with Gasteiger partial charge >= 0.3 is 0 Å². The summed E-state index contributed by atoms with van der Waals surface area (Å²) in [5.41, 5.74) is 2.50. The van der Waals surface area contributed by atoms with Crippen molar-refractivity contribution < 1.29 is 13.2 Å². The number of rotatable bonds is 7. The van der Waals surface area contributed by atoms with Crippen LogP contribution in [0.4, 0.5) is 10.8 Å². The van der Waals surface area contributed by atoms with Crippen molar-refractivity contribution >= 4 is 38.1 Å². The Bertz CT molecular complexity index is 1180. The Morgan fingerprint density at radius 2 is 1.83 bits per heavy atom. The molecule has 1 aromatic heterocycles. The van der Waals surface area contributed by atoms with Crippen molar-refractivity contribution in [3.05, 3.63) is 76.3 Å². The van der Waals surface area contributed by atoms with Crippen LogP contribution in [-0.2, 0) is 23.0 Å². The summed E-state index contributed by atoms with van der Waals surface area (Å²) < 4.78 is 25.0. The SMILES string of the molecule is CCc1sc(N(Cc2ccccc2)c2ccc(C#N)cc2)nc1C(=O)NS(C)(=O)=O. The van der Waals surface area contributed by atoms with Crippen molar-refractivity contribution in [1.29, 1.82) is 5.26 Å². The van der Waals surface area contributed by atoms with E-state index in [-0.39, 0.29) is 5.69 Å². The number of nitrogens with one attached hydrogen (secondary N) is 1. The van der Waals surface area contributed by atoms with E-state index in [0.29, 0.717) is 28.5 Å². The van der Waals surface area contributed by atoms with Crippen LogP contribution >= 0.6 is 11.3 Å². The molecule has 0 unspecified atom stereocenters. The summed E-state index contributed by atoms with van der Waals surface area (Å²) in [5, 5.41) is 9.65. The molecular weight excluding hydrogens is 420 g/mol. The maximum absolute atomic E-state index is 12.5. The third-order valence-corrected chi connectivity index (χ3v) is 6.00. The monoisotopic (exact) mass is 440 g/mol. The summed E-state index contributed by atoms with van der Waals surface area (Å²) in [7, 11) is -3.70. The maximum Gasteiger partial charge on any atom is 0.284 e. The smallest absolute Gasteiger partial charge is 0.284 e. The number of sulfonamides is 1. The fourth-order valence-corrected chi connectivity index (χ4v) is 4.29. The summed E-state index contributed by atoms with van der Waals surface area (Å²) in [6.45, 7) is 2.38. The molecule has 0 saturated carbocycles. The van der Waals surface area contributed by atoms with E-state index < -0.39 is 15.9 Å². The highest BCUT2D eigenvalue weighted by Gasteiger charge is 2.23. The summed E-state index contributed by atoms with van der Waals surface area (Å²) >= 11 is 1.34. The van der Waals surface area contributed by atoms with Gasteiger partial charge in [-0.3, -0.25) is 4.79 Å². The number of anilines is 2. The van der Waals surface area contributed by atoms with Crippen LogP contribution in [0.15, 0.2) is 54.6 Å². The Morgan fingerprint density at radius 1 is 1.17 bits per heavy atom. The van der Waals surface area contributed by atoms with E-state index in [2.05, 4.69) is 11.1 Å². The van der Waals surface area contributed by atoms with E-state index in [1.54, 1.807) is 12.1 Å². The van der Waals surface area contributed by atoms with Gasteiger partial charge in [0.25, 0.3) is 5.91 Å². The van der Waals surface area contributed by atoms with E-state index in [1.165, 1.54) is 11.3 Å². The second-order valence-corrected chi connectivity index (χ2v) is 9.37. The standard InChI is InChI=1S/C21H20N4O3S2/c1-3-18-19(20(26)24-30(2,27)28)23-21(29-18)25(14-16-7-5-4-6-8-16)17-11-9-15(13-22)10-12-17/h4-12H,3,14H2,1-2H3,(H,24,26). The van der Waals surface area contributed by atoms with Gasteiger partial charge in [0, 0.05) is 10.6 Å². The summed E-state index contributed by atoms with van der Waals surface area (Å²) in [6.07, 6.45) is 1.47. The second kappa shape index (κ2) is 9.07. The third-order valence-electron chi connectivity index (χ3n) is 4.22. The second-order valence-electron chi connectivity index (χ2n) is 6.56. The molecule has 0 aliphatic carbocycles. The number of amides is 1. The van der Waals surface area contributed by atoms with Crippen molar-refractivity contribution in [2.45, 2.75) is 19.9 Å². The average molecular weight is 441 g/mol. The molecule has 3 aromatic rings. The highest BCUT2D eigenvalue weighted by Crippen LogP contribution is 2.34. The Labute approximate surface area is 179 Å². The van der Waals surface area contributed by atoms with Gasteiger partial charge in [0.2, 0.25) is 10.0 Å². The van der Waals surface area contributed by atoms with Gasteiger partial charge in [0.05, 0.1) is 24.4 Å².